The van der Waals surface area contributed by atoms with Crippen LogP contribution in [-0.4, -0.2) is 106 Å². The number of nitrogens with one attached hydrogen (secondary N) is 2. The monoisotopic (exact) mass is 760 g/mol. The molecule has 7 N–H and O–H groups in total. The Morgan fingerprint density at radius 2 is 1.38 bits per heavy atom. The minimum Gasteiger partial charge on any atom is -0.496 e. The number of aliphatic carboxylic acids is 4. The van der Waals surface area contributed by atoms with Gasteiger partial charge in [-0.2, -0.15) is 0 Å². The Balaban J connectivity index is 1.85. The minimum absolute atomic E-state index is 0.00490. The average molecular weight is 761 g/mol. The quantitative estimate of drug-likeness (QED) is 0.135. The summed E-state index contributed by atoms with van der Waals surface area (Å²) in [6, 6.07) is -3.37. The number of carbonyl (C=O) groups excluding carboxylic acids is 3. The number of rotatable bonds is 15. The topological polar surface area (TPSA) is 272 Å². The van der Waals surface area contributed by atoms with Crippen molar-refractivity contribution in [1.82, 2.24) is 5.32 Å². The third-order valence-electron chi connectivity index (χ3n) is 10.3. The highest BCUT2D eigenvalue weighted by molar-refractivity contribution is 6.21. The van der Waals surface area contributed by atoms with E-state index in [1.54, 1.807) is 6.92 Å². The first-order chi connectivity index (χ1) is 26.0. The number of hydrogen-bond donors (Lipinski definition) is 7. The van der Waals surface area contributed by atoms with E-state index in [0.29, 0.717) is 5.57 Å². The first-order valence-corrected chi connectivity index (χ1v) is 16.9. The van der Waals surface area contributed by atoms with Crippen LogP contribution in [-0.2, 0) is 38.2 Å². The Hall–Kier alpha value is -6.49. The molecule has 0 saturated carbocycles. The first kappa shape index (κ1) is 38.2. The summed E-state index contributed by atoms with van der Waals surface area (Å²) < 4.78 is 17.4. The Morgan fingerprint density at radius 3 is 1.93 bits per heavy atom. The number of Topliss-reactive ketones (excluding diaryl/α,β-unsaturated/α-hetero) is 1. The van der Waals surface area contributed by atoms with Gasteiger partial charge in [0, 0.05) is 58.0 Å². The Labute approximate surface area is 311 Å². The van der Waals surface area contributed by atoms with Crippen LogP contribution in [0.25, 0.3) is 5.57 Å². The molecule has 1 aromatic carbocycles. The van der Waals surface area contributed by atoms with Crippen LogP contribution < -0.4 is 15.4 Å². The number of aliphatic hydroxyl groups is 1. The van der Waals surface area contributed by atoms with Crippen LogP contribution in [0.2, 0.25) is 0 Å². The SMILES string of the molecule is COC1=CC(=O)C2=C3C1=C1C(OC)=CC(=O)c4c(NC(CCC(=O)O)C(=O)O)c(OC)c5c(c41)C3C(=C(NC(CC(=O)O)C(=O)O)C2O)C=C(C)C5C(C)=O. The van der Waals surface area contributed by atoms with Crippen molar-refractivity contribution in [1.29, 1.82) is 0 Å². The van der Waals surface area contributed by atoms with Crippen molar-refractivity contribution in [3.05, 3.63) is 85.6 Å². The summed E-state index contributed by atoms with van der Waals surface area (Å²) in [6.45, 7) is 2.87. The van der Waals surface area contributed by atoms with Gasteiger partial charge in [-0.05, 0) is 37.0 Å². The van der Waals surface area contributed by atoms with Gasteiger partial charge < -0.3 is 50.4 Å². The zero-order valence-electron chi connectivity index (χ0n) is 30.1. The van der Waals surface area contributed by atoms with Crippen molar-refractivity contribution >= 4 is 52.5 Å². The number of allylic oxidation sites excluding steroid dienone is 7. The van der Waals surface area contributed by atoms with E-state index in [9.17, 15) is 59.1 Å². The Kier molecular flexibility index (Phi) is 9.77. The second-order valence-corrected chi connectivity index (χ2v) is 13.5. The molecule has 5 aliphatic carbocycles. The molecule has 0 amide bonds. The molecule has 6 rings (SSSR count). The second kappa shape index (κ2) is 14.1. The zero-order valence-corrected chi connectivity index (χ0v) is 30.1. The molecular weight excluding hydrogens is 724 g/mol. The van der Waals surface area contributed by atoms with Gasteiger partial charge in [-0.15, -0.1) is 0 Å². The van der Waals surface area contributed by atoms with Crippen LogP contribution in [0.3, 0.4) is 0 Å². The van der Waals surface area contributed by atoms with Gasteiger partial charge in [0.2, 0.25) is 0 Å². The van der Waals surface area contributed by atoms with Crippen LogP contribution in [0.5, 0.6) is 5.75 Å². The van der Waals surface area contributed by atoms with Gasteiger partial charge in [-0.25, -0.2) is 9.59 Å². The lowest BCUT2D eigenvalue weighted by atomic mass is 9.61. The molecule has 0 saturated heterocycles. The molecule has 0 heterocycles. The lowest BCUT2D eigenvalue weighted by molar-refractivity contribution is -0.145. The first-order valence-electron chi connectivity index (χ1n) is 16.9. The Bertz CT molecular complexity index is 2230. The minimum atomic E-state index is -1.86. The Morgan fingerprint density at radius 1 is 0.764 bits per heavy atom. The van der Waals surface area contributed by atoms with E-state index in [-0.39, 0.29) is 78.8 Å². The fraction of sp³-hybridized carbons (Fsp3) is 0.342. The van der Waals surface area contributed by atoms with E-state index in [1.165, 1.54) is 34.3 Å². The van der Waals surface area contributed by atoms with Gasteiger partial charge >= 0.3 is 23.9 Å². The van der Waals surface area contributed by atoms with Gasteiger partial charge in [0.25, 0.3) is 0 Å². The largest absolute Gasteiger partial charge is 0.496 e. The summed E-state index contributed by atoms with van der Waals surface area (Å²) in [7, 11) is 3.82. The number of benzene rings is 1. The van der Waals surface area contributed by atoms with Crippen molar-refractivity contribution < 1.29 is 73.3 Å². The van der Waals surface area contributed by atoms with Crippen LogP contribution in [0.1, 0.15) is 72.0 Å². The molecule has 0 fully saturated rings. The van der Waals surface area contributed by atoms with Crippen LogP contribution in [0.4, 0.5) is 5.69 Å². The van der Waals surface area contributed by atoms with E-state index in [2.05, 4.69) is 10.6 Å². The van der Waals surface area contributed by atoms with Crippen LogP contribution in [0, 0.1) is 0 Å². The van der Waals surface area contributed by atoms with Gasteiger partial charge in [0.1, 0.15) is 41.2 Å². The molecule has 288 valence electrons. The molecule has 55 heavy (non-hydrogen) atoms. The molecule has 5 atom stereocenters. The highest BCUT2D eigenvalue weighted by atomic mass is 16.5. The van der Waals surface area contributed by atoms with Crippen molar-refractivity contribution in [2.75, 3.05) is 26.6 Å². The fourth-order valence-electron chi connectivity index (χ4n) is 8.25. The number of carboxylic acid groups (broad SMARTS) is 4. The van der Waals surface area contributed by atoms with Crippen molar-refractivity contribution in [2.45, 2.75) is 63.1 Å². The van der Waals surface area contributed by atoms with Gasteiger partial charge in [0.15, 0.2) is 11.6 Å². The predicted octanol–water partition coefficient (Wildman–Crippen LogP) is 2.19. The lowest BCUT2D eigenvalue weighted by Gasteiger charge is -2.44. The maximum absolute atomic E-state index is 14.4. The molecule has 17 heteroatoms. The maximum atomic E-state index is 14.4. The zero-order chi connectivity index (χ0) is 40.4. The van der Waals surface area contributed by atoms with Crippen molar-refractivity contribution in [2.24, 2.45) is 0 Å². The molecule has 0 aliphatic heterocycles. The van der Waals surface area contributed by atoms with Crippen molar-refractivity contribution in [3.8, 4) is 5.75 Å². The molecule has 5 unspecified atom stereocenters. The molecule has 0 bridgehead atoms. The van der Waals surface area contributed by atoms with E-state index >= 15 is 0 Å². The van der Waals surface area contributed by atoms with Crippen LogP contribution >= 0.6 is 0 Å². The normalized spacial score (nSPS) is 21.6. The summed E-state index contributed by atoms with van der Waals surface area (Å²) in [5, 5.41) is 56.7. The number of carbonyl (C=O) groups is 7. The number of hydrogen-bond acceptors (Lipinski definition) is 13. The van der Waals surface area contributed by atoms with Crippen LogP contribution in [0.15, 0.2) is 63.3 Å². The summed E-state index contributed by atoms with van der Waals surface area (Å²) in [6.07, 6.45) is -0.0156. The van der Waals surface area contributed by atoms with Gasteiger partial charge in [0.05, 0.1) is 44.9 Å². The van der Waals surface area contributed by atoms with E-state index in [1.807, 2.05) is 0 Å². The van der Waals surface area contributed by atoms with E-state index in [4.69, 9.17) is 14.2 Å². The second-order valence-electron chi connectivity index (χ2n) is 13.5. The number of aliphatic hydroxyl groups excluding tert-OH is 1. The fourth-order valence-corrected chi connectivity index (χ4v) is 8.25. The highest BCUT2D eigenvalue weighted by Crippen LogP contribution is 2.63. The summed E-state index contributed by atoms with van der Waals surface area (Å²) in [5.74, 6) is -10.2. The predicted molar refractivity (Wildman–Crippen MR) is 188 cm³/mol. The number of methoxy groups -OCH3 is 3. The smallest absolute Gasteiger partial charge is 0.326 e. The number of ether oxygens (including phenoxy) is 3. The molecule has 0 radical (unpaired) electrons. The highest BCUT2D eigenvalue weighted by Gasteiger charge is 2.53. The number of anilines is 1. The maximum Gasteiger partial charge on any atom is 0.326 e. The lowest BCUT2D eigenvalue weighted by Crippen LogP contribution is -2.45. The molecule has 1 aromatic rings. The molecule has 17 nitrogen and oxygen atoms in total. The average Bonchev–Trinajstić information content (AvgIpc) is 3.24. The third-order valence-corrected chi connectivity index (χ3v) is 10.3. The van der Waals surface area contributed by atoms with Gasteiger partial charge in [-0.3, -0.25) is 24.0 Å². The summed E-state index contributed by atoms with van der Waals surface area (Å²) in [5.41, 5.74) is 0.697. The summed E-state index contributed by atoms with van der Waals surface area (Å²) in [4.78, 5) is 90.4. The molecule has 0 spiro atoms. The van der Waals surface area contributed by atoms with E-state index in [0.717, 1.165) is 12.2 Å². The molecular formula is C38H36N2O15. The van der Waals surface area contributed by atoms with Crippen molar-refractivity contribution in [3.63, 3.8) is 0 Å². The molecule has 5 aliphatic rings. The summed E-state index contributed by atoms with van der Waals surface area (Å²) >= 11 is 0. The van der Waals surface area contributed by atoms with Gasteiger partial charge in [-0.1, -0.05) is 11.6 Å². The molecule has 0 aromatic heterocycles. The standard InChI is InChI=1S/C38H36N2O15/c1-12-8-14-24-29-26(35(48)33(14)40-16(38(51)52)9-22(46)47)18(43)11-20(54-4)27(29)28-19(53-3)10-17(42)25-31(28)30(24)32(23(12)13(2)41)36(55-5)34(25)39-15(37(49)50)6-7-21(44)45/h8,10-11,15-16,23-24,35,39-40,48H,6-7,9H2,1-5H3,(H,44,45)(H,46,47)(H,49,50)(H,51,52). The third kappa shape index (κ3) is 5.96. The number of carboxylic acids is 4. The van der Waals surface area contributed by atoms with E-state index < -0.39 is 90.5 Å². The number of ketones is 3.